The zero-order valence-electron chi connectivity index (χ0n) is 16.5. The van der Waals surface area contributed by atoms with Gasteiger partial charge in [0.2, 0.25) is 5.91 Å². The molecule has 31 heavy (non-hydrogen) atoms. The summed E-state index contributed by atoms with van der Waals surface area (Å²) < 4.78 is 57.1. The molecule has 1 aliphatic rings. The summed E-state index contributed by atoms with van der Waals surface area (Å²) in [5, 5.41) is 0.500. The lowest BCUT2D eigenvalue weighted by Crippen LogP contribution is -2.32. The van der Waals surface area contributed by atoms with Crippen LogP contribution in [-0.2, 0) is 21.4 Å². The molecule has 3 aromatic rings. The maximum Gasteiger partial charge on any atom is 0.261 e. The molecule has 0 saturated carbocycles. The van der Waals surface area contributed by atoms with Gasteiger partial charge in [-0.1, -0.05) is 18.2 Å². The lowest BCUT2D eigenvalue weighted by Gasteiger charge is -2.15. The number of aromatic nitrogens is 1. The highest BCUT2D eigenvalue weighted by Gasteiger charge is 2.32. The van der Waals surface area contributed by atoms with E-state index in [2.05, 4.69) is 4.72 Å². The van der Waals surface area contributed by atoms with Crippen molar-refractivity contribution in [2.45, 2.75) is 30.1 Å². The Morgan fingerprint density at radius 2 is 1.90 bits per heavy atom. The second-order valence-corrected chi connectivity index (χ2v) is 9.23. The van der Waals surface area contributed by atoms with Gasteiger partial charge in [0.1, 0.15) is 12.0 Å². The number of halogens is 2. The third kappa shape index (κ3) is 4.40. The van der Waals surface area contributed by atoms with Crippen molar-refractivity contribution >= 4 is 32.5 Å². The quantitative estimate of drug-likeness (QED) is 0.605. The molecule has 164 valence electrons. The minimum absolute atomic E-state index is 0.0385. The number of fused-ring (bicyclic) bond motifs is 1. The molecule has 4 rings (SSSR count). The number of aryl methyl sites for hydroxylation is 1. The summed E-state index contributed by atoms with van der Waals surface area (Å²) in [4.78, 5) is 13.9. The zero-order valence-corrected chi connectivity index (χ0v) is 17.4. The number of nitrogens with two attached hydrogens (primary N) is 1. The summed E-state index contributed by atoms with van der Waals surface area (Å²) in [5.74, 6) is -0.748. The smallest absolute Gasteiger partial charge is 0.261 e. The minimum Gasteiger partial charge on any atom is -0.345 e. The second-order valence-electron chi connectivity index (χ2n) is 7.54. The molecule has 0 unspecified atom stereocenters. The highest BCUT2D eigenvalue weighted by atomic mass is 32.2. The normalized spacial score (nSPS) is 19.1. The van der Waals surface area contributed by atoms with Gasteiger partial charge in [-0.05, 0) is 30.3 Å². The number of nitrogens with one attached hydrogen (secondary N) is 1. The number of hydrogen-bond acceptors (Lipinski definition) is 4. The average Bonchev–Trinajstić information content (AvgIpc) is 3.25. The molecule has 0 spiro atoms. The Morgan fingerprint density at radius 1 is 1.16 bits per heavy atom. The monoisotopic (exact) mass is 448 g/mol. The third-order valence-electron chi connectivity index (χ3n) is 5.35. The van der Waals surface area contributed by atoms with Gasteiger partial charge in [0, 0.05) is 31.1 Å². The van der Waals surface area contributed by atoms with Crippen LogP contribution in [0.3, 0.4) is 0 Å². The summed E-state index contributed by atoms with van der Waals surface area (Å²) in [6.07, 6.45) is 0.334. The third-order valence-corrected chi connectivity index (χ3v) is 6.73. The van der Waals surface area contributed by atoms with Gasteiger partial charge < -0.3 is 15.2 Å². The Bertz CT molecular complexity index is 1200. The Hall–Kier alpha value is -2.98. The van der Waals surface area contributed by atoms with Gasteiger partial charge in [-0.2, -0.15) is 0 Å². The van der Waals surface area contributed by atoms with Crippen molar-refractivity contribution in [3.63, 3.8) is 0 Å². The predicted octanol–water partition coefficient (Wildman–Crippen LogP) is 2.48. The Balaban J connectivity index is 1.58. The first-order valence-corrected chi connectivity index (χ1v) is 11.3. The molecule has 2 heterocycles. The van der Waals surface area contributed by atoms with E-state index in [4.69, 9.17) is 5.73 Å². The summed E-state index contributed by atoms with van der Waals surface area (Å²) >= 11 is 0. The first-order valence-electron chi connectivity index (χ1n) is 9.78. The average molecular weight is 448 g/mol. The van der Waals surface area contributed by atoms with Gasteiger partial charge in [0.05, 0.1) is 28.7 Å². The maximum absolute atomic E-state index is 13.9. The van der Waals surface area contributed by atoms with Crippen molar-refractivity contribution in [1.29, 1.82) is 0 Å². The van der Waals surface area contributed by atoms with Crippen LogP contribution >= 0.6 is 0 Å². The summed E-state index contributed by atoms with van der Waals surface area (Å²) in [5.41, 5.74) is 6.35. The summed E-state index contributed by atoms with van der Waals surface area (Å²) in [6, 6.07) is 11.2. The Labute approximate surface area is 178 Å². The van der Waals surface area contributed by atoms with E-state index in [1.807, 2.05) is 0 Å². The molecule has 2 atom stereocenters. The maximum atomic E-state index is 13.9. The number of likely N-dealkylation sites (tertiary alicyclic amines) is 1. The lowest BCUT2D eigenvalue weighted by atomic mass is 10.2. The van der Waals surface area contributed by atoms with Crippen LogP contribution in [0.15, 0.2) is 59.6 Å². The van der Waals surface area contributed by atoms with Crippen molar-refractivity contribution in [1.82, 2.24) is 9.47 Å². The number of benzene rings is 2. The highest BCUT2D eigenvalue weighted by Crippen LogP contribution is 2.29. The fraction of sp³-hybridized carbons (Fsp3) is 0.286. The molecule has 1 aliphatic heterocycles. The topological polar surface area (TPSA) is 97.4 Å². The van der Waals surface area contributed by atoms with Crippen molar-refractivity contribution in [2.24, 2.45) is 5.73 Å². The molecular formula is C21H22F2N4O3S. The molecule has 1 aromatic heterocycles. The molecule has 1 fully saturated rings. The molecular weight excluding hydrogens is 426 g/mol. The molecule has 1 amide bonds. The molecule has 2 aromatic carbocycles. The summed E-state index contributed by atoms with van der Waals surface area (Å²) in [6.45, 7) is 0.293. The van der Waals surface area contributed by atoms with E-state index in [-0.39, 0.29) is 42.5 Å². The van der Waals surface area contributed by atoms with E-state index >= 15 is 0 Å². The first-order chi connectivity index (χ1) is 14.7. The van der Waals surface area contributed by atoms with Gasteiger partial charge in [0.25, 0.3) is 10.0 Å². The van der Waals surface area contributed by atoms with Crippen LogP contribution in [0.25, 0.3) is 10.9 Å². The van der Waals surface area contributed by atoms with Crippen LogP contribution in [0, 0.1) is 5.82 Å². The van der Waals surface area contributed by atoms with Gasteiger partial charge >= 0.3 is 0 Å². The van der Waals surface area contributed by atoms with Crippen LogP contribution in [0.2, 0.25) is 0 Å². The van der Waals surface area contributed by atoms with E-state index in [0.717, 1.165) is 0 Å². The van der Waals surface area contributed by atoms with Crippen LogP contribution in [-0.4, -0.2) is 49.1 Å². The number of hydrogen-bond donors (Lipinski definition) is 2. The fourth-order valence-electron chi connectivity index (χ4n) is 3.70. The molecule has 0 bridgehead atoms. The molecule has 7 nitrogen and oxygen atoms in total. The minimum atomic E-state index is -3.85. The number of amides is 1. The number of carbonyl (C=O) groups excluding carboxylic acids is 1. The predicted molar refractivity (Wildman–Crippen MR) is 113 cm³/mol. The standard InChI is InChI=1S/C21H22F2N4O3S/c22-14-6-7-16-19(25-31(29,30)15-4-2-1-3-5-15)13-26(20(16)10-14)9-8-21(28)27-11-17(23)18(24)12-27/h1-7,10,13,17-18,25H,8-9,11-12,24H2/t17-,18+/m1/s1. The number of anilines is 1. The van der Waals surface area contributed by atoms with E-state index in [1.54, 1.807) is 22.8 Å². The lowest BCUT2D eigenvalue weighted by molar-refractivity contribution is -0.130. The van der Waals surface area contributed by atoms with Gasteiger partial charge in [0.15, 0.2) is 0 Å². The first kappa shape index (κ1) is 21.3. The molecule has 3 N–H and O–H groups in total. The van der Waals surface area contributed by atoms with Crippen molar-refractivity contribution < 1.29 is 22.0 Å². The fourth-order valence-corrected chi connectivity index (χ4v) is 4.79. The number of rotatable bonds is 6. The molecule has 10 heteroatoms. The van der Waals surface area contributed by atoms with E-state index in [9.17, 15) is 22.0 Å². The Kier molecular flexibility index (Phi) is 5.67. The number of carbonyl (C=O) groups is 1. The van der Waals surface area contributed by atoms with Gasteiger partial charge in [-0.3, -0.25) is 9.52 Å². The number of sulfonamides is 1. The van der Waals surface area contributed by atoms with Crippen molar-refractivity contribution in [3.8, 4) is 0 Å². The number of nitrogens with zero attached hydrogens (tertiary/aromatic N) is 2. The SMILES string of the molecule is N[C@H]1CN(C(=O)CCn2cc(NS(=O)(=O)c3ccccc3)c3ccc(F)cc32)C[C@H]1F. The van der Waals surface area contributed by atoms with E-state index in [1.165, 1.54) is 41.4 Å². The van der Waals surface area contributed by atoms with Gasteiger partial charge in [-0.25, -0.2) is 17.2 Å². The Morgan fingerprint density at radius 3 is 2.58 bits per heavy atom. The van der Waals surface area contributed by atoms with Crippen molar-refractivity contribution in [2.75, 3.05) is 17.8 Å². The van der Waals surface area contributed by atoms with E-state index in [0.29, 0.717) is 10.9 Å². The highest BCUT2D eigenvalue weighted by molar-refractivity contribution is 7.92. The zero-order chi connectivity index (χ0) is 22.2. The van der Waals surface area contributed by atoms with E-state index < -0.39 is 28.1 Å². The van der Waals surface area contributed by atoms with Gasteiger partial charge in [-0.15, -0.1) is 0 Å². The largest absolute Gasteiger partial charge is 0.345 e. The van der Waals surface area contributed by atoms with Crippen molar-refractivity contribution in [3.05, 3.63) is 60.5 Å². The molecule has 1 saturated heterocycles. The van der Waals surface area contributed by atoms with Crippen LogP contribution in [0.5, 0.6) is 0 Å². The van der Waals surface area contributed by atoms with Crippen LogP contribution < -0.4 is 10.5 Å². The second kappa shape index (κ2) is 8.27. The number of alkyl halides is 1. The molecule has 0 aliphatic carbocycles. The molecule has 0 radical (unpaired) electrons. The van der Waals surface area contributed by atoms with Crippen LogP contribution in [0.4, 0.5) is 14.5 Å². The summed E-state index contributed by atoms with van der Waals surface area (Å²) in [7, 11) is -3.85. The van der Waals surface area contributed by atoms with Crippen LogP contribution in [0.1, 0.15) is 6.42 Å².